The molecule has 84 valence electrons. The third-order valence-corrected chi connectivity index (χ3v) is 3.26. The van der Waals surface area contributed by atoms with Crippen molar-refractivity contribution in [2.24, 2.45) is 0 Å². The van der Waals surface area contributed by atoms with Gasteiger partial charge in [0.25, 0.3) is 0 Å². The summed E-state index contributed by atoms with van der Waals surface area (Å²) in [6.07, 6.45) is 0. The minimum Gasteiger partial charge on any atom is -0.394 e. The van der Waals surface area contributed by atoms with Gasteiger partial charge in [-0.2, -0.15) is 0 Å². The van der Waals surface area contributed by atoms with Gasteiger partial charge in [0.15, 0.2) is 0 Å². The summed E-state index contributed by atoms with van der Waals surface area (Å²) >= 11 is 3.51. The first-order chi connectivity index (χ1) is 6.94. The van der Waals surface area contributed by atoms with Crippen LogP contribution in [0.15, 0.2) is 22.7 Å². The summed E-state index contributed by atoms with van der Waals surface area (Å²) in [6.45, 7) is 6.94. The second-order valence-electron chi connectivity index (χ2n) is 4.48. The minimum atomic E-state index is -0.225. The van der Waals surface area contributed by atoms with Crippen molar-refractivity contribution < 1.29 is 5.11 Å². The molecule has 0 aliphatic heterocycles. The van der Waals surface area contributed by atoms with E-state index in [2.05, 4.69) is 46.4 Å². The first-order valence-corrected chi connectivity index (χ1v) is 5.85. The normalized spacial score (nSPS) is 11.8. The van der Waals surface area contributed by atoms with Crippen molar-refractivity contribution in [1.29, 1.82) is 0 Å². The van der Waals surface area contributed by atoms with Crippen LogP contribution in [0, 0.1) is 6.92 Å². The Bertz CT molecular complexity index is 336. The maximum Gasteiger partial charge on any atom is 0.0607 e. The molecule has 0 spiro atoms. The van der Waals surface area contributed by atoms with Crippen LogP contribution in [-0.4, -0.2) is 17.3 Å². The van der Waals surface area contributed by atoms with Crippen LogP contribution in [-0.2, 0) is 6.54 Å². The zero-order valence-corrected chi connectivity index (χ0v) is 11.1. The number of halogens is 1. The molecule has 0 fully saturated rings. The van der Waals surface area contributed by atoms with E-state index < -0.39 is 0 Å². The van der Waals surface area contributed by atoms with Crippen LogP contribution in [0.2, 0.25) is 0 Å². The van der Waals surface area contributed by atoms with Gasteiger partial charge in [-0.15, -0.1) is 0 Å². The summed E-state index contributed by atoms with van der Waals surface area (Å²) in [5.74, 6) is 0. The number of rotatable bonds is 4. The van der Waals surface area contributed by atoms with Gasteiger partial charge in [-0.1, -0.05) is 28.1 Å². The Labute approximate surface area is 99.8 Å². The number of nitrogens with one attached hydrogen (secondary N) is 1. The van der Waals surface area contributed by atoms with Gasteiger partial charge in [0.05, 0.1) is 6.61 Å². The summed E-state index contributed by atoms with van der Waals surface area (Å²) in [5, 5.41) is 12.4. The topological polar surface area (TPSA) is 32.3 Å². The lowest BCUT2D eigenvalue weighted by Gasteiger charge is -2.23. The fourth-order valence-corrected chi connectivity index (χ4v) is 1.57. The molecule has 3 heteroatoms. The first kappa shape index (κ1) is 12.7. The average molecular weight is 272 g/mol. The fraction of sp³-hybridized carbons (Fsp3) is 0.500. The lowest BCUT2D eigenvalue weighted by atomic mass is 10.1. The third kappa shape index (κ3) is 3.93. The summed E-state index contributed by atoms with van der Waals surface area (Å²) in [7, 11) is 0. The van der Waals surface area contributed by atoms with Crippen LogP contribution in [0.4, 0.5) is 0 Å². The molecule has 15 heavy (non-hydrogen) atoms. The number of aliphatic hydroxyl groups is 1. The molecule has 2 N–H and O–H groups in total. The van der Waals surface area contributed by atoms with Crippen molar-refractivity contribution in [2.75, 3.05) is 6.61 Å². The highest BCUT2D eigenvalue weighted by Gasteiger charge is 2.14. The largest absolute Gasteiger partial charge is 0.394 e. The highest BCUT2D eigenvalue weighted by atomic mass is 79.9. The molecule has 0 atom stereocenters. The van der Waals surface area contributed by atoms with Crippen molar-refractivity contribution in [3.8, 4) is 0 Å². The summed E-state index contributed by atoms with van der Waals surface area (Å²) in [5.41, 5.74) is 2.23. The Morgan fingerprint density at radius 2 is 2.07 bits per heavy atom. The minimum absolute atomic E-state index is 0.139. The van der Waals surface area contributed by atoms with E-state index in [1.165, 1.54) is 11.1 Å². The molecule has 0 aliphatic carbocycles. The average Bonchev–Trinajstić information content (AvgIpc) is 2.20. The highest BCUT2D eigenvalue weighted by Crippen LogP contribution is 2.17. The van der Waals surface area contributed by atoms with Crippen molar-refractivity contribution in [2.45, 2.75) is 32.9 Å². The van der Waals surface area contributed by atoms with E-state index in [4.69, 9.17) is 5.11 Å². The zero-order valence-electron chi connectivity index (χ0n) is 9.47. The molecule has 1 aromatic carbocycles. The maximum atomic E-state index is 9.10. The van der Waals surface area contributed by atoms with Gasteiger partial charge in [0, 0.05) is 16.6 Å². The van der Waals surface area contributed by atoms with Crippen LogP contribution >= 0.6 is 15.9 Å². The van der Waals surface area contributed by atoms with Gasteiger partial charge in [0.2, 0.25) is 0 Å². The van der Waals surface area contributed by atoms with Crippen molar-refractivity contribution in [3.05, 3.63) is 33.8 Å². The summed E-state index contributed by atoms with van der Waals surface area (Å²) in [6, 6.07) is 6.30. The predicted molar refractivity (Wildman–Crippen MR) is 66.9 cm³/mol. The number of hydrogen-bond acceptors (Lipinski definition) is 2. The highest BCUT2D eigenvalue weighted by molar-refractivity contribution is 9.10. The molecule has 0 unspecified atom stereocenters. The van der Waals surface area contributed by atoms with E-state index in [0.29, 0.717) is 0 Å². The van der Waals surface area contributed by atoms with E-state index in [9.17, 15) is 0 Å². The van der Waals surface area contributed by atoms with Crippen LogP contribution in [0.3, 0.4) is 0 Å². The molecule has 1 rings (SSSR count). The van der Waals surface area contributed by atoms with Crippen molar-refractivity contribution >= 4 is 15.9 Å². The van der Waals surface area contributed by atoms with Gasteiger partial charge >= 0.3 is 0 Å². The lowest BCUT2D eigenvalue weighted by Crippen LogP contribution is -2.42. The Hall–Kier alpha value is -0.380. The fourth-order valence-electron chi connectivity index (χ4n) is 1.14. The summed E-state index contributed by atoms with van der Waals surface area (Å²) in [4.78, 5) is 0. The Morgan fingerprint density at radius 1 is 1.40 bits per heavy atom. The molecule has 0 radical (unpaired) electrons. The molecule has 0 saturated heterocycles. The second-order valence-corrected chi connectivity index (χ2v) is 5.33. The van der Waals surface area contributed by atoms with Crippen LogP contribution in [0.5, 0.6) is 0 Å². The third-order valence-electron chi connectivity index (χ3n) is 2.40. The lowest BCUT2D eigenvalue weighted by molar-refractivity contribution is 0.187. The Morgan fingerprint density at radius 3 is 2.60 bits per heavy atom. The smallest absolute Gasteiger partial charge is 0.0607 e. The predicted octanol–water partition coefficient (Wildman–Crippen LogP) is 2.62. The molecule has 0 amide bonds. The van der Waals surface area contributed by atoms with Gasteiger partial charge in [-0.3, -0.25) is 0 Å². The maximum absolute atomic E-state index is 9.10. The molecule has 0 heterocycles. The van der Waals surface area contributed by atoms with E-state index in [1.54, 1.807) is 0 Å². The van der Waals surface area contributed by atoms with Gasteiger partial charge in [-0.25, -0.2) is 0 Å². The number of aryl methyl sites for hydroxylation is 1. The van der Waals surface area contributed by atoms with E-state index in [1.807, 2.05) is 13.8 Å². The van der Waals surface area contributed by atoms with Gasteiger partial charge in [0.1, 0.15) is 0 Å². The molecule has 0 aliphatic rings. The standard InChI is InChI=1S/C12H18BrNO/c1-9-4-5-10(6-11(9)13)7-14-12(2,3)8-15/h4-6,14-15H,7-8H2,1-3H3. The SMILES string of the molecule is Cc1ccc(CNC(C)(C)CO)cc1Br. The molecule has 0 saturated carbocycles. The van der Waals surface area contributed by atoms with E-state index >= 15 is 0 Å². The van der Waals surface area contributed by atoms with Gasteiger partial charge < -0.3 is 10.4 Å². The molecular formula is C12H18BrNO. The number of aliphatic hydroxyl groups excluding tert-OH is 1. The van der Waals surface area contributed by atoms with E-state index in [0.717, 1.165) is 11.0 Å². The van der Waals surface area contributed by atoms with Crippen LogP contribution < -0.4 is 5.32 Å². The first-order valence-electron chi connectivity index (χ1n) is 5.05. The molecule has 0 aromatic heterocycles. The molecular weight excluding hydrogens is 254 g/mol. The quantitative estimate of drug-likeness (QED) is 0.883. The molecule has 0 bridgehead atoms. The van der Waals surface area contributed by atoms with Crippen molar-refractivity contribution in [1.82, 2.24) is 5.32 Å². The summed E-state index contributed by atoms with van der Waals surface area (Å²) < 4.78 is 1.13. The second kappa shape index (κ2) is 5.10. The number of hydrogen-bond donors (Lipinski definition) is 2. The van der Waals surface area contributed by atoms with E-state index in [-0.39, 0.29) is 12.1 Å². The van der Waals surface area contributed by atoms with Crippen LogP contribution in [0.25, 0.3) is 0 Å². The molecule has 1 aromatic rings. The Balaban J connectivity index is 2.62. The Kier molecular flexibility index (Phi) is 4.32. The molecule has 2 nitrogen and oxygen atoms in total. The van der Waals surface area contributed by atoms with Crippen LogP contribution in [0.1, 0.15) is 25.0 Å². The number of benzene rings is 1. The monoisotopic (exact) mass is 271 g/mol. The zero-order chi connectivity index (χ0) is 11.5. The van der Waals surface area contributed by atoms with Gasteiger partial charge in [-0.05, 0) is 38.0 Å². The van der Waals surface area contributed by atoms with Crippen molar-refractivity contribution in [3.63, 3.8) is 0 Å².